The number of hydrogen-bond donors (Lipinski definition) is 3. The van der Waals surface area contributed by atoms with Gasteiger partial charge in [0, 0.05) is 29.6 Å². The number of pyridine rings is 1. The summed E-state index contributed by atoms with van der Waals surface area (Å²) in [7, 11) is 0. The van der Waals surface area contributed by atoms with Crippen LogP contribution in [0.2, 0.25) is 5.02 Å². The maximum atomic E-state index is 12.2. The van der Waals surface area contributed by atoms with Crippen LogP contribution < -0.4 is 16.0 Å². The third kappa shape index (κ3) is 6.05. The van der Waals surface area contributed by atoms with Gasteiger partial charge in [0.25, 0.3) is 5.91 Å². The molecule has 0 aliphatic rings. The molecule has 6 nitrogen and oxygen atoms in total. The third-order valence-electron chi connectivity index (χ3n) is 4.31. The highest BCUT2D eigenvalue weighted by atomic mass is 35.5. The standard InChI is InChI=1S/C22H21ClN4O2/c1-15(26-21(28)18-3-2-12-24-14-18)17-6-10-20(11-7-17)27-22(29)25-13-16-4-8-19(23)9-5-16/h2-12,14-15H,13H2,1H3,(H,26,28)(H2,25,27,29)/t15-/m0/s1. The van der Waals surface area contributed by atoms with Gasteiger partial charge >= 0.3 is 6.03 Å². The van der Waals surface area contributed by atoms with Gasteiger partial charge in [0.05, 0.1) is 11.6 Å². The highest BCUT2D eigenvalue weighted by Crippen LogP contribution is 2.17. The fraction of sp³-hybridized carbons (Fsp3) is 0.136. The van der Waals surface area contributed by atoms with Crippen LogP contribution in [0.4, 0.5) is 10.5 Å². The molecule has 0 saturated carbocycles. The molecular weight excluding hydrogens is 388 g/mol. The summed E-state index contributed by atoms with van der Waals surface area (Å²) in [6, 6.07) is 17.5. The molecule has 0 bridgehead atoms. The number of urea groups is 1. The minimum atomic E-state index is -0.300. The molecule has 3 N–H and O–H groups in total. The molecule has 3 aromatic rings. The molecule has 0 aliphatic heterocycles. The van der Waals surface area contributed by atoms with Crippen molar-refractivity contribution in [1.82, 2.24) is 15.6 Å². The van der Waals surface area contributed by atoms with Gasteiger partial charge in [-0.25, -0.2) is 4.79 Å². The van der Waals surface area contributed by atoms with Crippen molar-refractivity contribution in [1.29, 1.82) is 0 Å². The van der Waals surface area contributed by atoms with Gasteiger partial charge < -0.3 is 16.0 Å². The maximum absolute atomic E-state index is 12.2. The number of halogens is 1. The van der Waals surface area contributed by atoms with Crippen molar-refractivity contribution in [3.8, 4) is 0 Å². The van der Waals surface area contributed by atoms with Crippen molar-refractivity contribution < 1.29 is 9.59 Å². The number of benzene rings is 2. The van der Waals surface area contributed by atoms with Crippen LogP contribution in [0, 0.1) is 0 Å². The van der Waals surface area contributed by atoms with Gasteiger partial charge in [-0.2, -0.15) is 0 Å². The molecular formula is C22H21ClN4O2. The summed E-state index contributed by atoms with van der Waals surface area (Å²) in [5.41, 5.74) is 3.05. The summed E-state index contributed by atoms with van der Waals surface area (Å²) in [6.45, 7) is 2.30. The lowest BCUT2D eigenvalue weighted by Gasteiger charge is -2.15. The van der Waals surface area contributed by atoms with E-state index in [1.165, 1.54) is 6.20 Å². The summed E-state index contributed by atoms with van der Waals surface area (Å²) in [4.78, 5) is 28.2. The van der Waals surface area contributed by atoms with Gasteiger partial charge in [-0.15, -0.1) is 0 Å². The number of nitrogens with one attached hydrogen (secondary N) is 3. The van der Waals surface area contributed by atoms with Crippen molar-refractivity contribution in [3.05, 3.63) is 94.8 Å². The summed E-state index contributed by atoms with van der Waals surface area (Å²) >= 11 is 5.85. The van der Waals surface area contributed by atoms with E-state index in [0.29, 0.717) is 22.8 Å². The van der Waals surface area contributed by atoms with Gasteiger partial charge in [-0.05, 0) is 54.4 Å². The first-order valence-electron chi connectivity index (χ1n) is 9.11. The Balaban J connectivity index is 1.50. The SMILES string of the molecule is C[C@H](NC(=O)c1cccnc1)c1ccc(NC(=O)NCc2ccc(Cl)cc2)cc1. The maximum Gasteiger partial charge on any atom is 0.319 e. The number of amides is 3. The van der Waals surface area contributed by atoms with Crippen molar-refractivity contribution in [2.24, 2.45) is 0 Å². The zero-order chi connectivity index (χ0) is 20.6. The van der Waals surface area contributed by atoms with Gasteiger partial charge in [-0.1, -0.05) is 35.9 Å². The minimum Gasteiger partial charge on any atom is -0.345 e. The first-order valence-corrected chi connectivity index (χ1v) is 9.49. The second kappa shape index (κ2) is 9.71. The predicted octanol–water partition coefficient (Wildman–Crippen LogP) is 4.55. The summed E-state index contributed by atoms with van der Waals surface area (Å²) in [6.07, 6.45) is 3.15. The molecule has 0 fully saturated rings. The molecule has 0 saturated heterocycles. The molecule has 0 radical (unpaired) electrons. The van der Waals surface area contributed by atoms with E-state index < -0.39 is 0 Å². The monoisotopic (exact) mass is 408 g/mol. The van der Waals surface area contributed by atoms with Crippen LogP contribution in [0.1, 0.15) is 34.5 Å². The third-order valence-corrected chi connectivity index (χ3v) is 4.56. The van der Waals surface area contributed by atoms with Crippen molar-refractivity contribution in [2.45, 2.75) is 19.5 Å². The van der Waals surface area contributed by atoms with Crippen LogP contribution in [-0.2, 0) is 6.54 Å². The smallest absolute Gasteiger partial charge is 0.319 e. The fourth-order valence-electron chi connectivity index (χ4n) is 2.68. The predicted molar refractivity (Wildman–Crippen MR) is 114 cm³/mol. The van der Waals surface area contributed by atoms with Crippen LogP contribution in [0.5, 0.6) is 0 Å². The molecule has 0 aliphatic carbocycles. The molecule has 148 valence electrons. The van der Waals surface area contributed by atoms with Crippen LogP contribution in [0.3, 0.4) is 0 Å². The molecule has 3 rings (SSSR count). The lowest BCUT2D eigenvalue weighted by molar-refractivity contribution is 0.0939. The number of anilines is 1. The first-order chi connectivity index (χ1) is 14.0. The highest BCUT2D eigenvalue weighted by molar-refractivity contribution is 6.30. The van der Waals surface area contributed by atoms with Crippen molar-refractivity contribution in [2.75, 3.05) is 5.32 Å². The molecule has 1 heterocycles. The van der Waals surface area contributed by atoms with E-state index in [1.54, 1.807) is 42.6 Å². The summed E-state index contributed by atoms with van der Waals surface area (Å²) in [5.74, 6) is -0.186. The Labute approximate surface area is 174 Å². The second-order valence-corrected chi connectivity index (χ2v) is 6.93. The largest absolute Gasteiger partial charge is 0.345 e. The van der Waals surface area contributed by atoms with E-state index in [9.17, 15) is 9.59 Å². The number of hydrogen-bond acceptors (Lipinski definition) is 3. The van der Waals surface area contributed by atoms with E-state index in [0.717, 1.165) is 11.1 Å². The zero-order valence-electron chi connectivity index (χ0n) is 15.9. The van der Waals surface area contributed by atoms with Gasteiger partial charge in [0.1, 0.15) is 0 Å². The Kier molecular flexibility index (Phi) is 6.81. The average molecular weight is 409 g/mol. The van der Waals surface area contributed by atoms with Gasteiger partial charge in [0.15, 0.2) is 0 Å². The van der Waals surface area contributed by atoms with Crippen LogP contribution in [-0.4, -0.2) is 16.9 Å². The highest BCUT2D eigenvalue weighted by Gasteiger charge is 2.11. The average Bonchev–Trinajstić information content (AvgIpc) is 2.74. The minimum absolute atomic E-state index is 0.185. The van der Waals surface area contributed by atoms with E-state index >= 15 is 0 Å². The quantitative estimate of drug-likeness (QED) is 0.559. The van der Waals surface area contributed by atoms with Crippen molar-refractivity contribution >= 4 is 29.2 Å². The Hall–Kier alpha value is -3.38. The number of rotatable bonds is 6. The van der Waals surface area contributed by atoms with E-state index in [-0.39, 0.29) is 18.0 Å². The first kappa shape index (κ1) is 20.4. The normalized spacial score (nSPS) is 11.4. The van der Waals surface area contributed by atoms with E-state index in [1.807, 2.05) is 31.2 Å². The Morgan fingerprint density at radius 3 is 2.41 bits per heavy atom. The van der Waals surface area contributed by atoms with Gasteiger partial charge in [0.2, 0.25) is 0 Å². The zero-order valence-corrected chi connectivity index (χ0v) is 16.6. The lowest BCUT2D eigenvalue weighted by Crippen LogP contribution is -2.28. The number of nitrogens with zero attached hydrogens (tertiary/aromatic N) is 1. The van der Waals surface area contributed by atoms with Crippen molar-refractivity contribution in [3.63, 3.8) is 0 Å². The van der Waals surface area contributed by atoms with E-state index in [2.05, 4.69) is 20.9 Å². The summed E-state index contributed by atoms with van der Waals surface area (Å²) in [5, 5.41) is 9.16. The van der Waals surface area contributed by atoms with E-state index in [4.69, 9.17) is 11.6 Å². The molecule has 3 amide bonds. The van der Waals surface area contributed by atoms with Crippen LogP contribution in [0.15, 0.2) is 73.1 Å². The molecule has 0 unspecified atom stereocenters. The van der Waals surface area contributed by atoms with Crippen LogP contribution >= 0.6 is 11.6 Å². The Morgan fingerprint density at radius 2 is 1.76 bits per heavy atom. The fourth-order valence-corrected chi connectivity index (χ4v) is 2.80. The number of carbonyl (C=O) groups is 2. The number of carbonyl (C=O) groups excluding carboxylic acids is 2. The molecule has 0 spiro atoms. The molecule has 1 aromatic heterocycles. The second-order valence-electron chi connectivity index (χ2n) is 6.49. The topological polar surface area (TPSA) is 83.1 Å². The Morgan fingerprint density at radius 1 is 1.03 bits per heavy atom. The molecule has 7 heteroatoms. The molecule has 2 aromatic carbocycles. The Bertz CT molecular complexity index is 960. The number of aromatic nitrogens is 1. The lowest BCUT2D eigenvalue weighted by atomic mass is 10.1. The molecule has 1 atom stereocenters. The summed E-state index contributed by atoms with van der Waals surface area (Å²) < 4.78 is 0. The van der Waals surface area contributed by atoms with Crippen LogP contribution in [0.25, 0.3) is 0 Å². The van der Waals surface area contributed by atoms with Gasteiger partial charge in [-0.3, -0.25) is 9.78 Å². The molecule has 29 heavy (non-hydrogen) atoms.